The molecule has 0 bridgehead atoms. The summed E-state index contributed by atoms with van der Waals surface area (Å²) in [6.45, 7) is 11.3. The molecule has 43 heavy (non-hydrogen) atoms. The van der Waals surface area contributed by atoms with E-state index in [4.69, 9.17) is 23.2 Å². The number of nitrogens with one attached hydrogen (secondary N) is 1. The molecule has 230 valence electrons. The van der Waals surface area contributed by atoms with Crippen LogP contribution in [0.15, 0.2) is 54.7 Å². The zero-order valence-corrected chi connectivity index (χ0v) is 27.2. The predicted molar refractivity (Wildman–Crippen MR) is 174 cm³/mol. The second-order valence-corrected chi connectivity index (χ2v) is 13.4. The van der Waals surface area contributed by atoms with Gasteiger partial charge in [-0.25, -0.2) is 0 Å². The summed E-state index contributed by atoms with van der Waals surface area (Å²) in [7, 11) is 2.11. The van der Waals surface area contributed by atoms with Gasteiger partial charge in [0, 0.05) is 75.7 Å². The summed E-state index contributed by atoms with van der Waals surface area (Å²) < 4.78 is 0. The van der Waals surface area contributed by atoms with Gasteiger partial charge in [0.25, 0.3) is 5.91 Å². The Morgan fingerprint density at radius 1 is 1.00 bits per heavy atom. The molecule has 2 aliphatic heterocycles. The number of amides is 2. The minimum Gasteiger partial charge on any atom is -0.364 e. The lowest BCUT2D eigenvalue weighted by molar-refractivity contribution is -0.136. The Kier molecular flexibility index (Phi) is 10.2. The molecule has 1 aromatic heterocycles. The molecule has 1 N–H and O–H groups in total. The van der Waals surface area contributed by atoms with E-state index in [1.54, 1.807) is 6.07 Å². The maximum Gasteiger partial charge on any atom is 0.254 e. The second kappa shape index (κ2) is 13.9. The largest absolute Gasteiger partial charge is 0.364 e. The Labute approximate surface area is 265 Å². The van der Waals surface area contributed by atoms with Crippen LogP contribution in [0.4, 0.5) is 0 Å². The Bertz CT molecular complexity index is 1410. The van der Waals surface area contributed by atoms with E-state index in [1.807, 2.05) is 60.2 Å². The molecule has 5 rings (SSSR count). The van der Waals surface area contributed by atoms with Gasteiger partial charge in [-0.1, -0.05) is 53.4 Å². The van der Waals surface area contributed by atoms with Gasteiger partial charge in [-0.3, -0.25) is 14.5 Å². The van der Waals surface area contributed by atoms with Crippen LogP contribution >= 0.6 is 23.2 Å². The third kappa shape index (κ3) is 7.82. The lowest BCUT2D eigenvalue weighted by atomic mass is 10.00. The van der Waals surface area contributed by atoms with Crippen molar-refractivity contribution in [2.75, 3.05) is 46.3 Å². The van der Waals surface area contributed by atoms with Gasteiger partial charge in [-0.05, 0) is 75.2 Å². The molecule has 7 nitrogen and oxygen atoms in total. The average molecular weight is 625 g/mol. The number of aryl methyl sites for hydroxylation is 2. The molecule has 2 fully saturated rings. The number of benzene rings is 2. The normalized spacial score (nSPS) is 21.1. The van der Waals surface area contributed by atoms with Crippen molar-refractivity contribution in [1.29, 1.82) is 0 Å². The molecule has 0 saturated carbocycles. The molecule has 3 atom stereocenters. The van der Waals surface area contributed by atoms with Crippen molar-refractivity contribution in [1.82, 2.24) is 24.6 Å². The van der Waals surface area contributed by atoms with Crippen molar-refractivity contribution in [2.24, 2.45) is 5.92 Å². The SMILES string of the molecule is Cc1cc(C)cc(C(=O)N2CCN(C(=O)CCN(C)CC3CC(C)CN3Cc3ccc[nH]3)C(c3ccc(Cl)c(Cl)c3)C2)c1. The molecule has 2 amide bonds. The maximum absolute atomic E-state index is 13.8. The minimum atomic E-state index is -0.303. The zero-order valence-electron chi connectivity index (χ0n) is 25.7. The number of H-pyrrole nitrogens is 1. The molecular formula is C34H43Cl2N5O2. The number of rotatable bonds is 9. The van der Waals surface area contributed by atoms with Crippen LogP contribution in [-0.4, -0.2) is 88.8 Å². The van der Waals surface area contributed by atoms with Crippen LogP contribution in [0.1, 0.15) is 58.5 Å². The Balaban J connectivity index is 1.25. The summed E-state index contributed by atoms with van der Waals surface area (Å²) >= 11 is 12.6. The number of nitrogens with zero attached hydrogens (tertiary/aromatic N) is 4. The van der Waals surface area contributed by atoms with E-state index < -0.39 is 0 Å². The lowest BCUT2D eigenvalue weighted by Crippen LogP contribution is -2.52. The van der Waals surface area contributed by atoms with Gasteiger partial charge in [-0.15, -0.1) is 0 Å². The van der Waals surface area contributed by atoms with Crippen LogP contribution in [0.3, 0.4) is 0 Å². The highest BCUT2D eigenvalue weighted by Crippen LogP contribution is 2.32. The van der Waals surface area contributed by atoms with Crippen molar-refractivity contribution < 1.29 is 9.59 Å². The quantitative estimate of drug-likeness (QED) is 0.308. The molecular weight excluding hydrogens is 581 g/mol. The topological polar surface area (TPSA) is 62.9 Å². The van der Waals surface area contributed by atoms with E-state index in [9.17, 15) is 9.59 Å². The van der Waals surface area contributed by atoms with Gasteiger partial charge in [-0.2, -0.15) is 0 Å². The highest BCUT2D eigenvalue weighted by atomic mass is 35.5. The summed E-state index contributed by atoms with van der Waals surface area (Å²) in [4.78, 5) is 39.3. The number of carbonyl (C=O) groups excluding carboxylic acids is 2. The molecule has 2 saturated heterocycles. The number of piperazine rings is 1. The fourth-order valence-corrected chi connectivity index (χ4v) is 7.05. The number of carbonyl (C=O) groups is 2. The second-order valence-electron chi connectivity index (χ2n) is 12.5. The first-order valence-electron chi connectivity index (χ1n) is 15.2. The van der Waals surface area contributed by atoms with E-state index in [0.717, 1.165) is 42.7 Å². The molecule has 3 unspecified atom stereocenters. The van der Waals surface area contributed by atoms with Gasteiger partial charge >= 0.3 is 0 Å². The fourth-order valence-electron chi connectivity index (χ4n) is 6.74. The van der Waals surface area contributed by atoms with Crippen LogP contribution in [0.5, 0.6) is 0 Å². The lowest BCUT2D eigenvalue weighted by Gasteiger charge is -2.42. The Hall–Kier alpha value is -2.84. The standard InChI is InChI=1S/C34H43Cl2N5O2/c1-23-14-24(2)16-27(15-23)34(43)39-12-13-41(32(22-39)26-7-8-30(35)31(36)18-26)33(42)9-11-38(4)21-29-17-25(3)19-40(29)20-28-6-5-10-37-28/h5-8,10,14-16,18,25,29,32,37H,9,11-13,17,19-22H2,1-4H3. The number of hydrogen-bond acceptors (Lipinski definition) is 4. The summed E-state index contributed by atoms with van der Waals surface area (Å²) in [5.74, 6) is 0.729. The highest BCUT2D eigenvalue weighted by molar-refractivity contribution is 6.42. The molecule has 2 aliphatic rings. The van der Waals surface area contributed by atoms with Crippen molar-refractivity contribution in [3.05, 3.63) is 92.7 Å². The Morgan fingerprint density at radius 2 is 1.77 bits per heavy atom. The van der Waals surface area contributed by atoms with Gasteiger partial charge in [0.1, 0.15) is 0 Å². The highest BCUT2D eigenvalue weighted by Gasteiger charge is 2.35. The van der Waals surface area contributed by atoms with Gasteiger partial charge in [0.05, 0.1) is 16.1 Å². The van der Waals surface area contributed by atoms with E-state index >= 15 is 0 Å². The fraction of sp³-hybridized carbons (Fsp3) is 0.471. The van der Waals surface area contributed by atoms with Crippen LogP contribution in [0, 0.1) is 19.8 Å². The monoisotopic (exact) mass is 623 g/mol. The van der Waals surface area contributed by atoms with E-state index in [0.29, 0.717) is 60.2 Å². The minimum absolute atomic E-state index is 0.0154. The summed E-state index contributed by atoms with van der Waals surface area (Å²) in [6, 6.07) is 15.8. The van der Waals surface area contributed by atoms with Gasteiger partial charge in [0.2, 0.25) is 5.91 Å². The predicted octanol–water partition coefficient (Wildman–Crippen LogP) is 6.20. The first-order valence-corrected chi connectivity index (χ1v) is 16.0. The number of aromatic nitrogens is 1. The molecule has 0 aliphatic carbocycles. The van der Waals surface area contributed by atoms with Crippen LogP contribution in [0.25, 0.3) is 0 Å². The number of likely N-dealkylation sites (tertiary alicyclic amines) is 1. The average Bonchev–Trinajstić information content (AvgIpc) is 3.61. The third-order valence-corrected chi connectivity index (χ3v) is 9.53. The summed E-state index contributed by atoms with van der Waals surface area (Å²) in [5, 5.41) is 0.911. The summed E-state index contributed by atoms with van der Waals surface area (Å²) in [5.41, 5.74) is 4.91. The molecule has 3 heterocycles. The van der Waals surface area contributed by atoms with Crippen molar-refractivity contribution in [3.8, 4) is 0 Å². The first-order chi connectivity index (χ1) is 20.6. The first kappa shape index (κ1) is 31.6. The molecule has 0 spiro atoms. The molecule has 9 heteroatoms. The van der Waals surface area contributed by atoms with E-state index in [2.05, 4.69) is 40.9 Å². The Morgan fingerprint density at radius 3 is 2.47 bits per heavy atom. The number of hydrogen-bond donors (Lipinski definition) is 1. The third-order valence-electron chi connectivity index (χ3n) is 8.79. The number of halogens is 2. The maximum atomic E-state index is 13.8. The van der Waals surface area contributed by atoms with Crippen molar-refractivity contribution in [3.63, 3.8) is 0 Å². The van der Waals surface area contributed by atoms with Gasteiger partial charge < -0.3 is 19.7 Å². The van der Waals surface area contributed by atoms with Crippen LogP contribution < -0.4 is 0 Å². The molecule has 0 radical (unpaired) electrons. The zero-order chi connectivity index (χ0) is 30.7. The van der Waals surface area contributed by atoms with Crippen molar-refractivity contribution >= 4 is 35.0 Å². The number of aromatic amines is 1. The van der Waals surface area contributed by atoms with E-state index in [-0.39, 0.29) is 17.9 Å². The van der Waals surface area contributed by atoms with Crippen molar-refractivity contribution in [2.45, 2.75) is 52.2 Å². The van der Waals surface area contributed by atoms with Gasteiger partial charge in [0.15, 0.2) is 0 Å². The van der Waals surface area contributed by atoms with Crippen LogP contribution in [-0.2, 0) is 11.3 Å². The summed E-state index contributed by atoms with van der Waals surface area (Å²) in [6.07, 6.45) is 3.55. The molecule has 3 aromatic rings. The smallest absolute Gasteiger partial charge is 0.254 e. The van der Waals surface area contributed by atoms with E-state index in [1.165, 1.54) is 5.69 Å². The molecule has 2 aromatic carbocycles. The number of likely N-dealkylation sites (N-methyl/N-ethyl adjacent to an activating group) is 1. The van der Waals surface area contributed by atoms with Crippen LogP contribution in [0.2, 0.25) is 10.0 Å².